The van der Waals surface area contributed by atoms with Crippen molar-refractivity contribution in [3.8, 4) is 11.3 Å². The van der Waals surface area contributed by atoms with Crippen molar-refractivity contribution in [2.24, 2.45) is 5.10 Å². The van der Waals surface area contributed by atoms with Crippen LogP contribution in [0.25, 0.3) is 17.4 Å². The Balaban J connectivity index is 1.43. The average Bonchev–Trinajstić information content (AvgIpc) is 3.43. The van der Waals surface area contributed by atoms with Gasteiger partial charge in [0.15, 0.2) is 0 Å². The molecule has 3 aromatic rings. The van der Waals surface area contributed by atoms with Crippen LogP contribution in [0.3, 0.4) is 0 Å². The minimum absolute atomic E-state index is 0.243. The fourth-order valence-corrected chi connectivity index (χ4v) is 3.95. The third-order valence-electron chi connectivity index (χ3n) is 5.42. The van der Waals surface area contributed by atoms with Crippen LogP contribution in [-0.4, -0.2) is 35.4 Å². The van der Waals surface area contributed by atoms with Gasteiger partial charge in [-0.05, 0) is 61.5 Å². The van der Waals surface area contributed by atoms with Crippen molar-refractivity contribution in [2.75, 3.05) is 12.1 Å². The minimum atomic E-state index is -0.336. The SMILES string of the molecule is CC1=NN(c2ccc(Br)cc2)C(=O)C1=Cc1ccc(-c2ccc3c(c2)C(=O)N(C)C3=O)o1. The normalized spacial score (nSPS) is 16.9. The number of carbonyl (C=O) groups excluding carboxylic acids is 3. The number of hydrogen-bond donors (Lipinski definition) is 0. The quantitative estimate of drug-likeness (QED) is 0.392. The number of hydrazone groups is 1. The van der Waals surface area contributed by atoms with Crippen molar-refractivity contribution in [2.45, 2.75) is 6.92 Å². The van der Waals surface area contributed by atoms with E-state index in [-0.39, 0.29) is 17.7 Å². The van der Waals surface area contributed by atoms with Gasteiger partial charge in [0.2, 0.25) is 0 Å². The third kappa shape index (κ3) is 3.20. The second kappa shape index (κ2) is 7.42. The first-order valence-corrected chi connectivity index (χ1v) is 10.6. The van der Waals surface area contributed by atoms with E-state index in [2.05, 4.69) is 21.0 Å². The number of amides is 3. The summed E-state index contributed by atoms with van der Waals surface area (Å²) < 4.78 is 6.83. The Labute approximate surface area is 191 Å². The molecule has 0 saturated carbocycles. The topological polar surface area (TPSA) is 83.2 Å². The zero-order chi connectivity index (χ0) is 22.6. The molecule has 0 unspecified atom stereocenters. The molecule has 8 heteroatoms. The molecule has 0 N–H and O–H groups in total. The molecule has 0 fully saturated rings. The molecule has 158 valence electrons. The number of carbonyl (C=O) groups is 3. The summed E-state index contributed by atoms with van der Waals surface area (Å²) in [7, 11) is 1.46. The van der Waals surface area contributed by atoms with Crippen molar-refractivity contribution in [3.05, 3.63) is 81.5 Å². The van der Waals surface area contributed by atoms with Crippen LogP contribution in [0.5, 0.6) is 0 Å². The van der Waals surface area contributed by atoms with E-state index in [1.54, 1.807) is 43.3 Å². The molecule has 0 radical (unpaired) electrons. The van der Waals surface area contributed by atoms with Crippen LogP contribution in [0.1, 0.15) is 33.4 Å². The van der Waals surface area contributed by atoms with E-state index in [1.807, 2.05) is 24.3 Å². The molecule has 7 nitrogen and oxygen atoms in total. The molecular weight excluding hydrogens is 474 g/mol. The summed E-state index contributed by atoms with van der Waals surface area (Å²) in [5, 5.41) is 5.73. The third-order valence-corrected chi connectivity index (χ3v) is 5.95. The number of rotatable bonds is 3. The fourth-order valence-electron chi connectivity index (χ4n) is 3.68. The van der Waals surface area contributed by atoms with Crippen LogP contribution >= 0.6 is 15.9 Å². The number of hydrogen-bond acceptors (Lipinski definition) is 5. The average molecular weight is 490 g/mol. The van der Waals surface area contributed by atoms with Gasteiger partial charge in [0.1, 0.15) is 11.5 Å². The Bertz CT molecular complexity index is 1370. The lowest BCUT2D eigenvalue weighted by Gasteiger charge is -2.11. The monoisotopic (exact) mass is 489 g/mol. The van der Waals surface area contributed by atoms with Gasteiger partial charge in [-0.25, -0.2) is 0 Å². The zero-order valence-corrected chi connectivity index (χ0v) is 18.7. The standard InChI is InChI=1S/C24H16BrN3O4/c1-13-19(24(31)28(26-13)16-6-4-15(25)5-7-16)12-17-8-10-21(32-17)14-3-9-18-20(11-14)23(30)27(2)22(18)29/h3-12H,1-2H3. The molecule has 2 aromatic carbocycles. The van der Waals surface area contributed by atoms with Crippen LogP contribution in [0.4, 0.5) is 5.69 Å². The first-order chi connectivity index (χ1) is 15.3. The van der Waals surface area contributed by atoms with E-state index >= 15 is 0 Å². The van der Waals surface area contributed by atoms with Gasteiger partial charge in [-0.15, -0.1) is 0 Å². The Morgan fingerprint density at radius 1 is 0.906 bits per heavy atom. The largest absolute Gasteiger partial charge is 0.457 e. The van der Waals surface area contributed by atoms with Crippen LogP contribution in [0, 0.1) is 0 Å². The van der Waals surface area contributed by atoms with Gasteiger partial charge in [0.25, 0.3) is 17.7 Å². The second-order valence-corrected chi connectivity index (χ2v) is 8.38. The van der Waals surface area contributed by atoms with Crippen LogP contribution in [0.15, 0.2) is 74.2 Å². The Morgan fingerprint density at radius 2 is 1.62 bits per heavy atom. The van der Waals surface area contributed by atoms with Gasteiger partial charge in [0.05, 0.1) is 28.1 Å². The molecule has 3 amide bonds. The number of halogens is 1. The summed E-state index contributed by atoms with van der Waals surface area (Å²) in [6.45, 7) is 1.77. The van der Waals surface area contributed by atoms with Gasteiger partial charge in [-0.1, -0.05) is 22.0 Å². The highest BCUT2D eigenvalue weighted by atomic mass is 79.9. The Morgan fingerprint density at radius 3 is 2.38 bits per heavy atom. The van der Waals surface area contributed by atoms with E-state index in [0.29, 0.717) is 45.2 Å². The number of anilines is 1. The van der Waals surface area contributed by atoms with Crippen LogP contribution < -0.4 is 5.01 Å². The van der Waals surface area contributed by atoms with Gasteiger partial charge in [-0.2, -0.15) is 10.1 Å². The summed E-state index contributed by atoms with van der Waals surface area (Å²) in [5.74, 6) is 0.116. The van der Waals surface area contributed by atoms with Crippen molar-refractivity contribution < 1.29 is 18.8 Å². The second-order valence-electron chi connectivity index (χ2n) is 7.47. The molecular formula is C24H16BrN3O4. The predicted molar refractivity (Wildman–Crippen MR) is 123 cm³/mol. The van der Waals surface area contributed by atoms with Crippen LogP contribution in [0.2, 0.25) is 0 Å². The molecule has 0 aliphatic carbocycles. The lowest BCUT2D eigenvalue weighted by Crippen LogP contribution is -2.24. The summed E-state index contributed by atoms with van der Waals surface area (Å²) in [6, 6.07) is 15.8. The molecule has 0 bridgehead atoms. The summed E-state index contributed by atoms with van der Waals surface area (Å²) in [5.41, 5.74) is 3.09. The summed E-state index contributed by atoms with van der Waals surface area (Å²) in [4.78, 5) is 38.4. The van der Waals surface area contributed by atoms with Gasteiger partial charge >= 0.3 is 0 Å². The molecule has 32 heavy (non-hydrogen) atoms. The van der Waals surface area contributed by atoms with Gasteiger partial charge in [-0.3, -0.25) is 19.3 Å². The minimum Gasteiger partial charge on any atom is -0.457 e. The number of fused-ring (bicyclic) bond motifs is 1. The molecule has 5 rings (SSSR count). The highest BCUT2D eigenvalue weighted by molar-refractivity contribution is 9.10. The molecule has 3 heterocycles. The maximum Gasteiger partial charge on any atom is 0.280 e. The Hall–Kier alpha value is -3.78. The van der Waals surface area contributed by atoms with E-state index in [4.69, 9.17) is 4.42 Å². The molecule has 0 spiro atoms. The zero-order valence-electron chi connectivity index (χ0n) is 17.1. The van der Waals surface area contributed by atoms with E-state index in [0.717, 1.165) is 9.37 Å². The molecule has 1 aromatic heterocycles. The highest BCUT2D eigenvalue weighted by Gasteiger charge is 2.33. The van der Waals surface area contributed by atoms with Crippen molar-refractivity contribution in [1.29, 1.82) is 0 Å². The number of benzene rings is 2. The molecule has 2 aliphatic rings. The van der Waals surface area contributed by atoms with Gasteiger partial charge < -0.3 is 4.42 Å². The van der Waals surface area contributed by atoms with E-state index in [1.165, 1.54) is 12.1 Å². The lowest BCUT2D eigenvalue weighted by molar-refractivity contribution is -0.114. The first kappa shape index (κ1) is 20.1. The predicted octanol–water partition coefficient (Wildman–Crippen LogP) is 4.74. The summed E-state index contributed by atoms with van der Waals surface area (Å²) >= 11 is 3.38. The number of nitrogens with zero attached hydrogens (tertiary/aromatic N) is 3. The maximum absolute atomic E-state index is 12.9. The molecule has 0 atom stereocenters. The van der Waals surface area contributed by atoms with Gasteiger partial charge in [0, 0.05) is 17.1 Å². The van der Waals surface area contributed by atoms with E-state index < -0.39 is 0 Å². The molecule has 2 aliphatic heterocycles. The molecule has 0 saturated heterocycles. The Kier molecular flexibility index (Phi) is 4.67. The lowest BCUT2D eigenvalue weighted by atomic mass is 10.0. The first-order valence-electron chi connectivity index (χ1n) is 9.77. The van der Waals surface area contributed by atoms with Crippen molar-refractivity contribution >= 4 is 51.1 Å². The van der Waals surface area contributed by atoms with Crippen LogP contribution in [-0.2, 0) is 4.79 Å². The maximum atomic E-state index is 12.9. The van der Waals surface area contributed by atoms with Crippen molar-refractivity contribution in [1.82, 2.24) is 4.90 Å². The highest BCUT2D eigenvalue weighted by Crippen LogP contribution is 2.31. The number of imide groups is 1. The number of furan rings is 1. The van der Waals surface area contributed by atoms with Crippen molar-refractivity contribution in [3.63, 3.8) is 0 Å². The van der Waals surface area contributed by atoms with E-state index in [9.17, 15) is 14.4 Å². The summed E-state index contributed by atoms with van der Waals surface area (Å²) in [6.07, 6.45) is 1.65. The smallest absolute Gasteiger partial charge is 0.280 e. The fraction of sp³-hybridized carbons (Fsp3) is 0.0833.